The maximum Gasteiger partial charge on any atom is 0.425 e. The van der Waals surface area contributed by atoms with Gasteiger partial charge in [-0.3, -0.25) is 37.9 Å². The zero-order chi connectivity index (χ0) is 84.0. The summed E-state index contributed by atoms with van der Waals surface area (Å²) in [7, 11) is -16.4. The maximum absolute atomic E-state index is 14.8. The molecule has 4 atom stereocenters. The average Bonchev–Trinajstić information content (AvgIpc) is 1.59. The molecule has 1 fully saturated rings. The SMILES string of the molecule is CC(C)C[C@H](CC(=O)C[C@@H]1CN(C2CCCCC2)c2ccccc2N(CC(=O)C(C)(C)C)C1=O)C(=O)N[C@H](CCC(=O)C[C@@H](Cc1ccc(OC2=C(C=CC3=[N+](CCCCS(=O)(=O)O)c4ccccc4C3(C)C)CCCC2=CC=C2N(CCCCS(=O)(=O)[O-])c3ccc(S(=O)(=O)O)cc3C2(C)C)cc1)C(=O)O)C(=O)O.O=S(=O)=O. The highest BCUT2D eigenvalue weighted by molar-refractivity contribution is 7.86. The second-order valence-electron chi connectivity index (χ2n) is 32.7. The number of ketones is 3. The summed E-state index contributed by atoms with van der Waals surface area (Å²) in [6.45, 7) is 17.8. The lowest BCUT2D eigenvalue weighted by Crippen LogP contribution is -2.46. The van der Waals surface area contributed by atoms with Crippen molar-refractivity contribution in [1.82, 2.24) is 5.32 Å². The number of carboxylic acids is 2. The Labute approximate surface area is 670 Å². The number of ether oxygens (including phenoxy) is 1. The first kappa shape index (κ1) is 90.7. The molecule has 0 saturated heterocycles. The minimum atomic E-state index is -4.62. The minimum Gasteiger partial charge on any atom is -0.748 e. The van der Waals surface area contributed by atoms with Crippen LogP contribution in [0, 0.1) is 29.1 Å². The molecule has 5 aliphatic rings. The molecule has 0 aromatic heterocycles. The van der Waals surface area contributed by atoms with E-state index in [-0.39, 0.29) is 111 Å². The van der Waals surface area contributed by atoms with Crippen LogP contribution in [-0.4, -0.2) is 163 Å². The summed E-state index contributed by atoms with van der Waals surface area (Å²) in [5.74, 6) is -8.23. The number of benzene rings is 4. The Morgan fingerprint density at radius 3 is 1.98 bits per heavy atom. The van der Waals surface area contributed by atoms with Crippen molar-refractivity contribution in [3.63, 3.8) is 0 Å². The molecule has 2 amide bonds. The van der Waals surface area contributed by atoms with Gasteiger partial charge < -0.3 is 39.5 Å². The van der Waals surface area contributed by atoms with E-state index in [1.807, 2.05) is 105 Å². The number of aliphatic carboxylic acids is 2. The third-order valence-corrected chi connectivity index (χ3v) is 24.3. The van der Waals surface area contributed by atoms with Crippen molar-refractivity contribution in [1.29, 1.82) is 0 Å². The summed E-state index contributed by atoms with van der Waals surface area (Å²) in [5.41, 5.74) is 6.12. The van der Waals surface area contributed by atoms with E-state index in [4.69, 9.17) is 17.4 Å². The number of para-hydroxylation sites is 3. The zero-order valence-electron chi connectivity index (χ0n) is 66.2. The minimum absolute atomic E-state index is 0.0589. The van der Waals surface area contributed by atoms with Crippen molar-refractivity contribution in [2.75, 3.05) is 52.4 Å². The van der Waals surface area contributed by atoms with Gasteiger partial charge in [-0.25, -0.2) is 13.2 Å². The summed E-state index contributed by atoms with van der Waals surface area (Å²) < 4.78 is 138. The molecule has 620 valence electrons. The second-order valence-corrected chi connectivity index (χ2v) is 37.7. The van der Waals surface area contributed by atoms with Gasteiger partial charge in [0.2, 0.25) is 17.5 Å². The first-order chi connectivity index (χ1) is 53.3. The van der Waals surface area contributed by atoms with E-state index >= 15 is 0 Å². The van der Waals surface area contributed by atoms with E-state index < -0.39 is 123 Å². The first-order valence-electron chi connectivity index (χ1n) is 38.7. The Morgan fingerprint density at radius 1 is 0.719 bits per heavy atom. The van der Waals surface area contributed by atoms with Gasteiger partial charge in [0.1, 0.15) is 35.7 Å². The number of amides is 2. The lowest BCUT2D eigenvalue weighted by molar-refractivity contribution is -0.438. The smallest absolute Gasteiger partial charge is 0.425 e. The van der Waals surface area contributed by atoms with Gasteiger partial charge in [0.05, 0.1) is 55.9 Å². The number of nitrogens with one attached hydrogen (secondary N) is 1. The quantitative estimate of drug-likeness (QED) is 0.0160. The number of allylic oxidation sites excluding steroid dienone is 7. The van der Waals surface area contributed by atoms with Crippen molar-refractivity contribution < 1.29 is 105 Å². The molecule has 0 radical (unpaired) electrons. The Morgan fingerprint density at radius 2 is 1.36 bits per heavy atom. The number of nitrogens with zero attached hydrogens (tertiary/aromatic N) is 4. The fourth-order valence-electron chi connectivity index (χ4n) is 15.9. The molecule has 4 aromatic rings. The highest BCUT2D eigenvalue weighted by Gasteiger charge is 2.46. The summed E-state index contributed by atoms with van der Waals surface area (Å²) >= 11 is 0. The second kappa shape index (κ2) is 38.7. The number of carbonyl (C=O) groups is 7. The fraction of sp³-hybridized carbons (Fsp3) is 0.518. The Hall–Kier alpha value is -8.85. The molecule has 0 bridgehead atoms. The number of fused-ring (bicyclic) bond motifs is 3. The molecule has 0 spiro atoms. The topological polar surface area (TPSA) is 411 Å². The van der Waals surface area contributed by atoms with Gasteiger partial charge in [0.25, 0.3) is 20.2 Å². The van der Waals surface area contributed by atoms with Crippen molar-refractivity contribution in [3.05, 3.63) is 155 Å². The molecule has 1 saturated carbocycles. The largest absolute Gasteiger partial charge is 0.748 e. The van der Waals surface area contributed by atoms with Crippen molar-refractivity contribution in [2.45, 2.75) is 212 Å². The molecule has 114 heavy (non-hydrogen) atoms. The first-order valence-corrected chi connectivity index (χ1v) is 44.4. The summed E-state index contributed by atoms with van der Waals surface area (Å²) in [4.78, 5) is 102. The van der Waals surface area contributed by atoms with Crippen LogP contribution in [0.5, 0.6) is 5.75 Å². The molecule has 3 heterocycles. The van der Waals surface area contributed by atoms with E-state index in [0.717, 1.165) is 65.9 Å². The molecule has 4 aromatic carbocycles. The molecule has 3 aliphatic heterocycles. The molecule has 2 aliphatic carbocycles. The number of carboxylic acid groups (broad SMARTS) is 2. The number of hydrogen-bond acceptors (Lipinski definition) is 20. The molecular weight excluding hydrogens is 1550 g/mol. The van der Waals surface area contributed by atoms with Gasteiger partial charge in [-0.15, -0.1) is 12.6 Å². The van der Waals surface area contributed by atoms with E-state index in [9.17, 15) is 82.7 Å². The Balaban J connectivity index is 0.00000397. The zero-order valence-corrected chi connectivity index (χ0v) is 69.4. The Bertz CT molecular complexity index is 4910. The Kier molecular flexibility index (Phi) is 30.8. The van der Waals surface area contributed by atoms with E-state index in [2.05, 4.69) is 28.6 Å². The summed E-state index contributed by atoms with van der Waals surface area (Å²) in [6.07, 6.45) is 13.8. The monoisotopic (exact) mass is 1650 g/mol. The summed E-state index contributed by atoms with van der Waals surface area (Å²) in [6, 6.07) is 25.0. The third kappa shape index (κ3) is 24.6. The standard InChI is InChI=1S/C83H107N5O19S3.O3S/c1-54(2)46-58(48-63(90)50-60-52-87(61-24-11-10-12-25-61)71-28-15-16-29-72(71)88(78(60)93)53-75(91)81(3,4)5)77(92)84-68(80(96)97)38-34-62(89)49-59(79(94)95)47-55-30-35-64(36-31-55)107-76-56(32-40-73-82(6,7)66-26-13-14-27-69(66)85(73)42-17-19-44-108(98,99)100)22-21-23-57(76)33-41-74-83(8,9)67-51-65(110(104,105)106)37-39-70(67)86(74)43-18-20-45-109(101,102)103;1-4(2)3/h13-16,26-33,35-37,39-41,51,54,58-61,68H,10-12,17-25,34,38,42-50,52-53H2,1-9H3,(H5-,84,92,94,95,96,97,98,99,100,101,102,103,104,105,106);/t58-,59-,60-,68-;/m1./s1. The molecule has 0 unspecified atom stereocenters. The highest BCUT2D eigenvalue weighted by atomic mass is 32.2. The maximum atomic E-state index is 14.8. The molecule has 31 heteroatoms. The lowest BCUT2D eigenvalue weighted by Gasteiger charge is -2.37. The van der Waals surface area contributed by atoms with Crippen molar-refractivity contribution >= 4 is 111 Å². The van der Waals surface area contributed by atoms with E-state index in [1.165, 1.54) is 17.0 Å². The predicted molar refractivity (Wildman–Crippen MR) is 430 cm³/mol. The normalized spacial score (nSPS) is 18.7. The number of anilines is 3. The summed E-state index contributed by atoms with van der Waals surface area (Å²) in [5, 5.41) is 23.6. The van der Waals surface area contributed by atoms with Crippen LogP contribution in [0.4, 0.5) is 22.7 Å². The van der Waals surface area contributed by atoms with Gasteiger partial charge in [0.15, 0.2) is 11.5 Å². The number of carbonyl (C=O) groups excluding carboxylic acids is 5. The van der Waals surface area contributed by atoms with Crippen molar-refractivity contribution in [3.8, 4) is 5.75 Å². The molecule has 9 rings (SSSR count). The van der Waals surface area contributed by atoms with Crippen LogP contribution in [0.25, 0.3) is 0 Å². The molecule has 27 nitrogen and oxygen atoms in total. The van der Waals surface area contributed by atoms with Crippen LogP contribution in [0.2, 0.25) is 0 Å². The van der Waals surface area contributed by atoms with Gasteiger partial charge in [-0.05, 0) is 167 Å². The number of hydrogen-bond donors (Lipinski definition) is 5. The van der Waals surface area contributed by atoms with Crippen LogP contribution in [0.1, 0.15) is 195 Å². The molecule has 5 N–H and O–H groups in total. The fourth-order valence-corrected chi connectivity index (χ4v) is 17.6. The van der Waals surface area contributed by atoms with Crippen LogP contribution >= 0.6 is 0 Å². The van der Waals surface area contributed by atoms with Crippen LogP contribution in [0.3, 0.4) is 0 Å². The third-order valence-electron chi connectivity index (χ3n) is 21.9. The molecular formula is C83H107N5O22S4. The van der Waals surface area contributed by atoms with Gasteiger partial charge in [0, 0.05) is 103 Å². The number of Topliss-reactive ketones (excluding diaryl/α,β-unsaturated/α-hetero) is 3. The number of rotatable bonds is 36. The van der Waals surface area contributed by atoms with Crippen LogP contribution in [-0.2, 0) is 91.8 Å². The van der Waals surface area contributed by atoms with Gasteiger partial charge in [-0.2, -0.15) is 21.4 Å². The highest BCUT2D eigenvalue weighted by Crippen LogP contribution is 2.50. The average molecular weight is 1660 g/mol. The lowest BCUT2D eigenvalue weighted by atomic mass is 9.81. The number of unbranched alkanes of at least 4 members (excludes halogenated alkanes) is 2. The van der Waals surface area contributed by atoms with E-state index in [1.54, 1.807) is 51.1 Å². The van der Waals surface area contributed by atoms with Gasteiger partial charge in [-0.1, -0.05) is 116 Å². The predicted octanol–water partition coefficient (Wildman–Crippen LogP) is 12.0. The van der Waals surface area contributed by atoms with E-state index in [0.29, 0.717) is 71.9 Å². The van der Waals surface area contributed by atoms with Crippen LogP contribution < -0.4 is 24.8 Å². The van der Waals surface area contributed by atoms with Crippen LogP contribution in [0.15, 0.2) is 143 Å². The van der Waals surface area contributed by atoms with Crippen molar-refractivity contribution in [2.24, 2.45) is 29.1 Å². The van der Waals surface area contributed by atoms with Gasteiger partial charge >= 0.3 is 22.5 Å².